The van der Waals surface area contributed by atoms with Crippen molar-refractivity contribution in [3.8, 4) is 0 Å². The highest BCUT2D eigenvalue weighted by atomic mass is 32.1. The van der Waals surface area contributed by atoms with Gasteiger partial charge in [0.05, 0.1) is 6.54 Å². The Balaban J connectivity index is 2.44. The van der Waals surface area contributed by atoms with Gasteiger partial charge >= 0.3 is 0 Å². The van der Waals surface area contributed by atoms with E-state index in [0.717, 1.165) is 4.88 Å². The molecule has 6 heteroatoms. The lowest BCUT2D eigenvalue weighted by Gasteiger charge is -2.13. The average molecular weight is 241 g/mol. The highest BCUT2D eigenvalue weighted by Gasteiger charge is 2.17. The third kappa shape index (κ3) is 3.32. The number of nitrogens with one attached hydrogen (secondary N) is 1. The van der Waals surface area contributed by atoms with E-state index in [0.29, 0.717) is 0 Å². The van der Waals surface area contributed by atoms with Crippen LogP contribution < -0.4 is 11.1 Å². The van der Waals surface area contributed by atoms with E-state index in [1.807, 2.05) is 11.4 Å². The molecule has 0 saturated heterocycles. The minimum Gasteiger partial charge on any atom is -0.347 e. The smallest absolute Gasteiger partial charge is 0.242 e. The van der Waals surface area contributed by atoms with Gasteiger partial charge in [-0.25, -0.2) is 0 Å². The van der Waals surface area contributed by atoms with Crippen LogP contribution >= 0.6 is 11.3 Å². The molecule has 0 spiro atoms. The van der Waals surface area contributed by atoms with E-state index in [1.54, 1.807) is 20.2 Å². The van der Waals surface area contributed by atoms with Crippen LogP contribution in [0.2, 0.25) is 0 Å². The van der Waals surface area contributed by atoms with Crippen LogP contribution in [0.15, 0.2) is 17.5 Å². The van der Waals surface area contributed by atoms with E-state index < -0.39 is 6.04 Å². The number of nitrogens with zero attached hydrogens (tertiary/aromatic N) is 1. The van der Waals surface area contributed by atoms with Gasteiger partial charge in [0.1, 0.15) is 6.04 Å². The average Bonchev–Trinajstić information content (AvgIpc) is 2.77. The summed E-state index contributed by atoms with van der Waals surface area (Å²) in [6.45, 7) is -0.0229. The molecule has 0 aromatic carbocycles. The maximum absolute atomic E-state index is 11.6. The molecule has 0 bridgehead atoms. The van der Waals surface area contributed by atoms with E-state index in [1.165, 1.54) is 16.2 Å². The second kappa shape index (κ2) is 5.62. The summed E-state index contributed by atoms with van der Waals surface area (Å²) in [6, 6.07) is 2.93. The fourth-order valence-corrected chi connectivity index (χ4v) is 1.75. The Morgan fingerprint density at radius 1 is 1.56 bits per heavy atom. The number of hydrogen-bond acceptors (Lipinski definition) is 4. The quantitative estimate of drug-likeness (QED) is 0.776. The SMILES string of the molecule is CN(C)C(=O)CNC(=O)C(N)c1cccs1. The molecule has 5 nitrogen and oxygen atoms in total. The molecule has 1 rings (SSSR count). The first-order valence-corrected chi connectivity index (χ1v) is 5.67. The summed E-state index contributed by atoms with van der Waals surface area (Å²) in [4.78, 5) is 25.0. The van der Waals surface area contributed by atoms with Crippen LogP contribution in [0.25, 0.3) is 0 Å². The number of carbonyl (C=O) groups excluding carboxylic acids is 2. The molecule has 1 atom stereocenters. The fraction of sp³-hybridized carbons (Fsp3) is 0.400. The number of hydrogen-bond donors (Lipinski definition) is 2. The van der Waals surface area contributed by atoms with E-state index in [2.05, 4.69) is 5.32 Å². The first-order valence-electron chi connectivity index (χ1n) is 4.79. The molecule has 0 fully saturated rings. The Hall–Kier alpha value is -1.40. The molecule has 1 aromatic heterocycles. The summed E-state index contributed by atoms with van der Waals surface area (Å²) in [5.41, 5.74) is 5.72. The van der Waals surface area contributed by atoms with Crippen molar-refractivity contribution < 1.29 is 9.59 Å². The Morgan fingerprint density at radius 3 is 2.75 bits per heavy atom. The number of amides is 2. The van der Waals surface area contributed by atoms with Crippen LogP contribution in [0, 0.1) is 0 Å². The van der Waals surface area contributed by atoms with Crippen LogP contribution in [0.3, 0.4) is 0 Å². The largest absolute Gasteiger partial charge is 0.347 e. The van der Waals surface area contributed by atoms with Crippen LogP contribution in [0.4, 0.5) is 0 Å². The van der Waals surface area contributed by atoms with E-state index >= 15 is 0 Å². The monoisotopic (exact) mass is 241 g/mol. The molecule has 3 N–H and O–H groups in total. The summed E-state index contributed by atoms with van der Waals surface area (Å²) >= 11 is 1.42. The van der Waals surface area contributed by atoms with Gasteiger partial charge in [0.25, 0.3) is 0 Å². The van der Waals surface area contributed by atoms with Crippen molar-refractivity contribution in [3.63, 3.8) is 0 Å². The Labute approximate surface area is 98.2 Å². The molecule has 0 radical (unpaired) electrons. The molecule has 2 amide bonds. The molecular weight excluding hydrogens is 226 g/mol. The number of thiophene rings is 1. The number of likely N-dealkylation sites (N-methyl/N-ethyl adjacent to an activating group) is 1. The van der Waals surface area contributed by atoms with Crippen LogP contribution in [0.5, 0.6) is 0 Å². The van der Waals surface area contributed by atoms with Crippen LogP contribution in [0.1, 0.15) is 10.9 Å². The first-order chi connectivity index (χ1) is 7.52. The lowest BCUT2D eigenvalue weighted by atomic mass is 10.2. The van der Waals surface area contributed by atoms with Crippen molar-refractivity contribution in [1.29, 1.82) is 0 Å². The lowest BCUT2D eigenvalue weighted by Crippen LogP contribution is -2.40. The van der Waals surface area contributed by atoms with Gasteiger partial charge in [-0.05, 0) is 11.4 Å². The summed E-state index contributed by atoms with van der Waals surface area (Å²) < 4.78 is 0. The molecule has 0 aliphatic heterocycles. The van der Waals surface area contributed by atoms with Crippen molar-refractivity contribution in [2.75, 3.05) is 20.6 Å². The van der Waals surface area contributed by atoms with Gasteiger partial charge in [-0.3, -0.25) is 9.59 Å². The molecule has 0 saturated carbocycles. The summed E-state index contributed by atoms with van der Waals surface area (Å²) in [6.07, 6.45) is 0. The zero-order chi connectivity index (χ0) is 12.1. The van der Waals surface area contributed by atoms with Crippen molar-refractivity contribution in [2.45, 2.75) is 6.04 Å². The summed E-state index contributed by atoms with van der Waals surface area (Å²) in [5, 5.41) is 4.36. The van der Waals surface area contributed by atoms with Crippen LogP contribution in [-0.2, 0) is 9.59 Å². The van der Waals surface area contributed by atoms with Gasteiger partial charge in [0.15, 0.2) is 0 Å². The Morgan fingerprint density at radius 2 is 2.25 bits per heavy atom. The van der Waals surface area contributed by atoms with E-state index in [9.17, 15) is 9.59 Å². The van der Waals surface area contributed by atoms with Gasteiger partial charge in [0.2, 0.25) is 11.8 Å². The van der Waals surface area contributed by atoms with Gasteiger partial charge in [-0.1, -0.05) is 6.07 Å². The molecule has 0 aliphatic rings. The predicted octanol–water partition coefficient (Wildman–Crippen LogP) is -0.0477. The zero-order valence-corrected chi connectivity index (χ0v) is 10.1. The first kappa shape index (κ1) is 12.7. The molecule has 88 valence electrons. The molecule has 0 aliphatic carbocycles. The minimum atomic E-state index is -0.699. The lowest BCUT2D eigenvalue weighted by molar-refractivity contribution is -0.131. The number of nitrogens with two attached hydrogens (primary N) is 1. The van der Waals surface area contributed by atoms with Gasteiger partial charge < -0.3 is 16.0 Å². The van der Waals surface area contributed by atoms with E-state index in [-0.39, 0.29) is 18.4 Å². The topological polar surface area (TPSA) is 75.4 Å². The molecule has 1 heterocycles. The Kier molecular flexibility index (Phi) is 4.45. The maximum Gasteiger partial charge on any atom is 0.242 e. The van der Waals surface area contributed by atoms with Gasteiger partial charge in [-0.2, -0.15) is 0 Å². The summed E-state index contributed by atoms with van der Waals surface area (Å²) in [7, 11) is 3.27. The Bertz CT molecular complexity index is 362. The fourth-order valence-electron chi connectivity index (χ4n) is 1.03. The molecule has 16 heavy (non-hydrogen) atoms. The molecule has 1 unspecified atom stereocenters. The van der Waals surface area contributed by atoms with Crippen molar-refractivity contribution in [2.24, 2.45) is 5.73 Å². The summed E-state index contributed by atoms with van der Waals surface area (Å²) in [5.74, 6) is -0.496. The van der Waals surface area contributed by atoms with Crippen LogP contribution in [-0.4, -0.2) is 37.4 Å². The normalized spacial score (nSPS) is 11.9. The number of rotatable bonds is 4. The van der Waals surface area contributed by atoms with Gasteiger partial charge in [0, 0.05) is 19.0 Å². The highest BCUT2D eigenvalue weighted by Crippen LogP contribution is 2.16. The third-order valence-corrected chi connectivity index (χ3v) is 3.00. The van der Waals surface area contributed by atoms with Crippen molar-refractivity contribution >= 4 is 23.2 Å². The number of carbonyl (C=O) groups is 2. The molecule has 1 aromatic rings. The highest BCUT2D eigenvalue weighted by molar-refractivity contribution is 7.10. The second-order valence-electron chi connectivity index (χ2n) is 3.50. The third-order valence-electron chi connectivity index (χ3n) is 2.04. The van der Waals surface area contributed by atoms with Crippen molar-refractivity contribution in [1.82, 2.24) is 10.2 Å². The molecular formula is C10H15N3O2S. The van der Waals surface area contributed by atoms with Gasteiger partial charge in [-0.15, -0.1) is 11.3 Å². The van der Waals surface area contributed by atoms with E-state index in [4.69, 9.17) is 5.73 Å². The maximum atomic E-state index is 11.6. The van der Waals surface area contributed by atoms with Crippen molar-refractivity contribution in [3.05, 3.63) is 22.4 Å². The second-order valence-corrected chi connectivity index (χ2v) is 4.48. The minimum absolute atomic E-state index is 0.0229. The predicted molar refractivity (Wildman–Crippen MR) is 63.0 cm³/mol. The standard InChI is InChI=1S/C10H15N3O2S/c1-13(2)8(14)6-12-10(15)9(11)7-4-3-5-16-7/h3-5,9H,6,11H2,1-2H3,(H,12,15). The zero-order valence-electron chi connectivity index (χ0n) is 9.27.